The first-order chi connectivity index (χ1) is 13.4. The summed E-state index contributed by atoms with van der Waals surface area (Å²) in [5.41, 5.74) is -0.230. The number of aromatic nitrogens is 1. The highest BCUT2D eigenvalue weighted by molar-refractivity contribution is 5.93. The van der Waals surface area contributed by atoms with Gasteiger partial charge in [-0.25, -0.2) is 4.98 Å². The summed E-state index contributed by atoms with van der Waals surface area (Å²) in [5.74, 6) is 0.342. The summed E-state index contributed by atoms with van der Waals surface area (Å²) < 4.78 is 50.4. The van der Waals surface area contributed by atoms with Crippen LogP contribution in [0.25, 0.3) is 0 Å². The molecule has 2 aliphatic rings. The zero-order valence-corrected chi connectivity index (χ0v) is 14.8. The van der Waals surface area contributed by atoms with E-state index in [4.69, 9.17) is 9.47 Å². The Balaban J connectivity index is 1.48. The van der Waals surface area contributed by atoms with E-state index in [1.54, 1.807) is 18.2 Å². The lowest BCUT2D eigenvalue weighted by Crippen LogP contribution is -2.42. The number of benzene rings is 1. The molecule has 28 heavy (non-hydrogen) atoms. The molecule has 4 rings (SSSR count). The topological polar surface area (TPSA) is 63.7 Å². The second kappa shape index (κ2) is 7.21. The zero-order valence-electron chi connectivity index (χ0n) is 14.8. The van der Waals surface area contributed by atoms with E-state index in [-0.39, 0.29) is 25.1 Å². The van der Waals surface area contributed by atoms with Crippen LogP contribution in [0, 0.1) is 5.92 Å². The highest BCUT2D eigenvalue weighted by Crippen LogP contribution is 2.37. The van der Waals surface area contributed by atoms with Crippen LogP contribution in [0.4, 0.5) is 24.7 Å². The zero-order chi connectivity index (χ0) is 19.7. The highest BCUT2D eigenvalue weighted by Gasteiger charge is 2.37. The van der Waals surface area contributed by atoms with Gasteiger partial charge >= 0.3 is 6.18 Å². The maximum Gasteiger partial charge on any atom is 0.419 e. The lowest BCUT2D eigenvalue weighted by atomic mass is 9.96. The van der Waals surface area contributed by atoms with Gasteiger partial charge in [0.05, 0.1) is 11.5 Å². The minimum atomic E-state index is -4.49. The lowest BCUT2D eigenvalue weighted by molar-refractivity contribution is -0.137. The second-order valence-electron chi connectivity index (χ2n) is 6.71. The molecule has 2 aromatic rings. The Kier molecular flexibility index (Phi) is 4.74. The first-order valence-corrected chi connectivity index (χ1v) is 8.89. The van der Waals surface area contributed by atoms with Gasteiger partial charge in [-0.2, -0.15) is 13.2 Å². The minimum absolute atomic E-state index is 0.129. The molecule has 148 valence electrons. The average Bonchev–Trinajstić information content (AvgIpc) is 3.15. The Bertz CT molecular complexity index is 888. The molecule has 1 fully saturated rings. The molecule has 1 saturated heterocycles. The molecule has 0 saturated carbocycles. The molecule has 0 radical (unpaired) electrons. The van der Waals surface area contributed by atoms with Crippen molar-refractivity contribution >= 4 is 17.4 Å². The van der Waals surface area contributed by atoms with Crippen LogP contribution in [-0.4, -0.2) is 30.8 Å². The van der Waals surface area contributed by atoms with Crippen molar-refractivity contribution < 1.29 is 27.4 Å². The SMILES string of the molecule is O=C(Nc1ccc2c(c1)OCO2)C1CCCN(c2ncccc2C(F)(F)F)C1. The second-order valence-corrected chi connectivity index (χ2v) is 6.71. The quantitative estimate of drug-likeness (QED) is 0.862. The number of nitrogens with one attached hydrogen (secondary N) is 1. The van der Waals surface area contributed by atoms with Crippen LogP contribution < -0.4 is 19.7 Å². The Morgan fingerprint density at radius 2 is 2.04 bits per heavy atom. The molecule has 0 bridgehead atoms. The summed E-state index contributed by atoms with van der Waals surface area (Å²) in [4.78, 5) is 18.1. The molecule has 1 atom stereocenters. The molecule has 1 unspecified atom stereocenters. The minimum Gasteiger partial charge on any atom is -0.454 e. The fourth-order valence-corrected chi connectivity index (χ4v) is 3.47. The third-order valence-corrected chi connectivity index (χ3v) is 4.82. The molecule has 1 N–H and O–H groups in total. The van der Waals surface area contributed by atoms with Gasteiger partial charge < -0.3 is 19.7 Å². The van der Waals surface area contributed by atoms with E-state index < -0.39 is 17.7 Å². The largest absolute Gasteiger partial charge is 0.454 e. The van der Waals surface area contributed by atoms with Gasteiger partial charge in [0.15, 0.2) is 11.5 Å². The molecular weight excluding hydrogens is 375 g/mol. The van der Waals surface area contributed by atoms with E-state index in [1.807, 2.05) is 0 Å². The van der Waals surface area contributed by atoms with Crippen LogP contribution in [0.1, 0.15) is 18.4 Å². The summed E-state index contributed by atoms with van der Waals surface area (Å²) in [6.07, 6.45) is -1.96. The maximum absolute atomic E-state index is 13.3. The van der Waals surface area contributed by atoms with Crippen LogP contribution in [0.15, 0.2) is 36.5 Å². The van der Waals surface area contributed by atoms with E-state index in [0.29, 0.717) is 36.6 Å². The molecule has 3 heterocycles. The van der Waals surface area contributed by atoms with Gasteiger partial charge in [0.25, 0.3) is 0 Å². The van der Waals surface area contributed by atoms with Crippen molar-refractivity contribution in [3.05, 3.63) is 42.1 Å². The summed E-state index contributed by atoms with van der Waals surface area (Å²) in [6, 6.07) is 7.35. The predicted molar refractivity (Wildman–Crippen MR) is 95.4 cm³/mol. The first-order valence-electron chi connectivity index (χ1n) is 8.89. The molecule has 2 aliphatic heterocycles. The fourth-order valence-electron chi connectivity index (χ4n) is 3.47. The van der Waals surface area contributed by atoms with Crippen LogP contribution in [-0.2, 0) is 11.0 Å². The molecule has 0 spiro atoms. The molecule has 1 amide bonds. The predicted octanol–water partition coefficient (Wildman–Crippen LogP) is 3.68. The van der Waals surface area contributed by atoms with Gasteiger partial charge in [-0.1, -0.05) is 0 Å². The van der Waals surface area contributed by atoms with Crippen LogP contribution >= 0.6 is 0 Å². The average molecular weight is 393 g/mol. The smallest absolute Gasteiger partial charge is 0.419 e. The van der Waals surface area contributed by atoms with Crippen LogP contribution in [0.3, 0.4) is 0 Å². The third kappa shape index (κ3) is 3.69. The Morgan fingerprint density at radius 1 is 1.21 bits per heavy atom. The van der Waals surface area contributed by atoms with Crippen molar-refractivity contribution in [3.63, 3.8) is 0 Å². The van der Waals surface area contributed by atoms with Crippen molar-refractivity contribution in [3.8, 4) is 11.5 Å². The van der Waals surface area contributed by atoms with Crippen molar-refractivity contribution in [2.75, 3.05) is 30.1 Å². The fraction of sp³-hybridized carbons (Fsp3) is 0.368. The number of carbonyl (C=O) groups excluding carboxylic acids is 1. The number of carbonyl (C=O) groups is 1. The summed E-state index contributed by atoms with van der Waals surface area (Å²) in [5, 5.41) is 2.81. The normalized spacial score (nSPS) is 18.8. The number of piperidine rings is 1. The number of anilines is 2. The number of amides is 1. The maximum atomic E-state index is 13.3. The van der Waals surface area contributed by atoms with Gasteiger partial charge in [-0.15, -0.1) is 0 Å². The Hall–Kier alpha value is -2.97. The van der Waals surface area contributed by atoms with Gasteiger partial charge in [0, 0.05) is 31.0 Å². The molecule has 0 aliphatic carbocycles. The number of ether oxygens (including phenoxy) is 2. The highest BCUT2D eigenvalue weighted by atomic mass is 19.4. The van der Waals surface area contributed by atoms with E-state index in [9.17, 15) is 18.0 Å². The molecule has 6 nitrogen and oxygen atoms in total. The van der Waals surface area contributed by atoms with Crippen molar-refractivity contribution in [2.45, 2.75) is 19.0 Å². The van der Waals surface area contributed by atoms with E-state index in [1.165, 1.54) is 17.2 Å². The molecule has 1 aromatic heterocycles. The Morgan fingerprint density at radius 3 is 2.86 bits per heavy atom. The number of fused-ring (bicyclic) bond motifs is 1. The van der Waals surface area contributed by atoms with Crippen molar-refractivity contribution in [1.82, 2.24) is 4.98 Å². The van der Waals surface area contributed by atoms with Crippen LogP contribution in [0.2, 0.25) is 0 Å². The number of rotatable bonds is 3. The third-order valence-electron chi connectivity index (χ3n) is 4.82. The Labute approximate surface area is 159 Å². The number of nitrogens with zero attached hydrogens (tertiary/aromatic N) is 2. The van der Waals surface area contributed by atoms with Gasteiger partial charge in [-0.05, 0) is 37.1 Å². The molecule has 1 aromatic carbocycles. The summed E-state index contributed by atoms with van der Waals surface area (Å²) in [7, 11) is 0. The summed E-state index contributed by atoms with van der Waals surface area (Å²) in [6.45, 7) is 0.736. The summed E-state index contributed by atoms with van der Waals surface area (Å²) >= 11 is 0. The number of pyridine rings is 1. The van der Waals surface area contributed by atoms with E-state index >= 15 is 0 Å². The van der Waals surface area contributed by atoms with Crippen molar-refractivity contribution in [1.29, 1.82) is 0 Å². The monoisotopic (exact) mass is 393 g/mol. The molecule has 9 heteroatoms. The van der Waals surface area contributed by atoms with Crippen molar-refractivity contribution in [2.24, 2.45) is 5.92 Å². The number of hydrogen-bond acceptors (Lipinski definition) is 5. The first kappa shape index (κ1) is 18.4. The van der Waals surface area contributed by atoms with Gasteiger partial charge in [0.2, 0.25) is 12.7 Å². The van der Waals surface area contributed by atoms with Gasteiger partial charge in [-0.3, -0.25) is 4.79 Å². The standard InChI is InChI=1S/C19H18F3N3O3/c20-19(21,22)14-4-1-7-23-17(14)25-8-2-3-12(10-25)18(26)24-13-5-6-15-16(9-13)28-11-27-15/h1,4-7,9,12H,2-3,8,10-11H2,(H,24,26). The lowest BCUT2D eigenvalue weighted by Gasteiger charge is -2.34. The molecular formula is C19H18F3N3O3. The van der Waals surface area contributed by atoms with E-state index in [2.05, 4.69) is 10.3 Å². The van der Waals surface area contributed by atoms with Crippen LogP contribution in [0.5, 0.6) is 11.5 Å². The number of alkyl halides is 3. The number of hydrogen-bond donors (Lipinski definition) is 1. The number of halogens is 3. The van der Waals surface area contributed by atoms with E-state index in [0.717, 1.165) is 6.07 Å². The van der Waals surface area contributed by atoms with Gasteiger partial charge in [0.1, 0.15) is 5.82 Å².